The van der Waals surface area contributed by atoms with Gasteiger partial charge in [-0.3, -0.25) is 10.2 Å². The Morgan fingerprint density at radius 1 is 1.16 bits per heavy atom. The molecule has 2 aromatic heterocycles. The summed E-state index contributed by atoms with van der Waals surface area (Å²) in [6, 6.07) is 12.5. The van der Waals surface area contributed by atoms with Crippen molar-refractivity contribution in [1.82, 2.24) is 20.8 Å². The quantitative estimate of drug-likeness (QED) is 0.518. The highest BCUT2D eigenvalue weighted by atomic mass is 16.5. The van der Waals surface area contributed by atoms with Gasteiger partial charge < -0.3 is 19.9 Å². The van der Waals surface area contributed by atoms with Crippen molar-refractivity contribution in [1.29, 1.82) is 0 Å². The van der Waals surface area contributed by atoms with E-state index >= 15 is 0 Å². The van der Waals surface area contributed by atoms with E-state index in [4.69, 9.17) is 4.74 Å². The fraction of sp³-hybridized carbons (Fsp3) is 0.391. The van der Waals surface area contributed by atoms with Crippen LogP contribution in [-0.2, 0) is 9.53 Å². The molecule has 3 aromatic rings. The van der Waals surface area contributed by atoms with Gasteiger partial charge in [-0.2, -0.15) is 0 Å². The maximum absolute atomic E-state index is 12.7. The molecule has 3 atom stereocenters. The monoisotopic (exact) mass is 420 g/mol. The largest absolute Gasteiger partial charge is 0.378 e. The number of nitrogens with zero attached hydrogens (tertiary/aromatic N) is 2. The summed E-state index contributed by atoms with van der Waals surface area (Å²) in [6.45, 7) is 7.46. The van der Waals surface area contributed by atoms with Crippen LogP contribution in [0.4, 0.5) is 11.4 Å². The zero-order valence-corrected chi connectivity index (χ0v) is 17.8. The maximum Gasteiger partial charge on any atom is 0.243 e. The number of carbonyl (C=O) groups is 1. The Morgan fingerprint density at radius 2 is 2.00 bits per heavy atom. The Kier molecular flexibility index (Phi) is 5.35. The third-order valence-electron chi connectivity index (χ3n) is 6.33. The van der Waals surface area contributed by atoms with Gasteiger partial charge >= 0.3 is 0 Å². The summed E-state index contributed by atoms with van der Waals surface area (Å²) in [7, 11) is 0. The van der Waals surface area contributed by atoms with Crippen molar-refractivity contribution in [2.24, 2.45) is 5.92 Å². The van der Waals surface area contributed by atoms with Crippen LogP contribution in [0.3, 0.4) is 0 Å². The molecule has 0 radical (unpaired) electrons. The summed E-state index contributed by atoms with van der Waals surface area (Å²) in [5, 5.41) is 3.95. The number of morpholine rings is 1. The van der Waals surface area contributed by atoms with Crippen LogP contribution in [0.5, 0.6) is 0 Å². The minimum Gasteiger partial charge on any atom is -0.378 e. The molecule has 1 aromatic carbocycles. The zero-order chi connectivity index (χ0) is 21.4. The van der Waals surface area contributed by atoms with Crippen molar-refractivity contribution in [2.75, 3.05) is 36.5 Å². The molecule has 162 valence electrons. The lowest BCUT2D eigenvalue weighted by Gasteiger charge is -2.29. The predicted octanol–water partition coefficient (Wildman–Crippen LogP) is 2.51. The molecule has 2 aliphatic rings. The van der Waals surface area contributed by atoms with Gasteiger partial charge in [-0.25, -0.2) is 10.4 Å². The van der Waals surface area contributed by atoms with Gasteiger partial charge in [0.1, 0.15) is 11.7 Å². The molecule has 2 fully saturated rings. The zero-order valence-electron chi connectivity index (χ0n) is 17.8. The molecule has 0 saturated carbocycles. The van der Waals surface area contributed by atoms with Gasteiger partial charge in [-0.1, -0.05) is 19.1 Å². The first-order chi connectivity index (χ1) is 15.1. The Balaban J connectivity index is 1.36. The molecule has 4 heterocycles. The molecule has 3 unspecified atom stereocenters. The normalized spacial score (nSPS) is 23.9. The topological polar surface area (TPSA) is 94.3 Å². The number of ether oxygens (including phenoxy) is 1. The summed E-state index contributed by atoms with van der Waals surface area (Å²) in [5.74, 6) is 0.147. The molecule has 5 rings (SSSR count). The fourth-order valence-electron chi connectivity index (χ4n) is 4.23. The van der Waals surface area contributed by atoms with Crippen molar-refractivity contribution < 1.29 is 9.53 Å². The van der Waals surface area contributed by atoms with E-state index in [2.05, 4.69) is 75.2 Å². The minimum atomic E-state index is -0.268. The van der Waals surface area contributed by atoms with Crippen molar-refractivity contribution in [3.05, 3.63) is 42.6 Å². The first kappa shape index (κ1) is 20.0. The summed E-state index contributed by atoms with van der Waals surface area (Å²) < 4.78 is 5.46. The van der Waals surface area contributed by atoms with E-state index in [1.165, 1.54) is 5.69 Å². The second kappa shape index (κ2) is 8.30. The number of benzene rings is 1. The van der Waals surface area contributed by atoms with Gasteiger partial charge in [0.15, 0.2) is 0 Å². The number of pyridine rings is 1. The van der Waals surface area contributed by atoms with Gasteiger partial charge in [0, 0.05) is 41.5 Å². The van der Waals surface area contributed by atoms with Gasteiger partial charge in [0.05, 0.1) is 25.1 Å². The van der Waals surface area contributed by atoms with E-state index in [9.17, 15) is 4.79 Å². The van der Waals surface area contributed by atoms with E-state index in [0.29, 0.717) is 5.69 Å². The standard InChI is InChI=1S/C23H28N6O2/c1-14-15(2)27-28-21(14)23(30)25-18-10-17-12-20(26-22(17)24-13-18)16-4-3-5-19(11-16)29-6-8-31-9-7-29/h3-5,10-15,21,27-28H,6-9H2,1-2H3,(H,24,26)(H,25,30). The molecule has 1 amide bonds. The molecule has 2 aliphatic heterocycles. The Hall–Kier alpha value is -2.94. The van der Waals surface area contributed by atoms with Crippen molar-refractivity contribution in [2.45, 2.75) is 25.9 Å². The fourth-order valence-corrected chi connectivity index (χ4v) is 4.23. The molecule has 8 heteroatoms. The smallest absolute Gasteiger partial charge is 0.243 e. The average molecular weight is 421 g/mol. The summed E-state index contributed by atoms with van der Waals surface area (Å²) >= 11 is 0. The van der Waals surface area contributed by atoms with E-state index < -0.39 is 0 Å². The first-order valence-electron chi connectivity index (χ1n) is 10.8. The lowest BCUT2D eigenvalue weighted by Crippen LogP contribution is -2.41. The molecule has 4 N–H and O–H groups in total. The van der Waals surface area contributed by atoms with Crippen LogP contribution in [-0.4, -0.2) is 54.3 Å². The van der Waals surface area contributed by atoms with Gasteiger partial charge in [0.2, 0.25) is 5.91 Å². The number of aromatic nitrogens is 2. The first-order valence-corrected chi connectivity index (χ1v) is 10.8. The minimum absolute atomic E-state index is 0.0560. The summed E-state index contributed by atoms with van der Waals surface area (Å²) in [6.07, 6.45) is 1.70. The van der Waals surface area contributed by atoms with E-state index in [0.717, 1.165) is 48.6 Å². The van der Waals surface area contributed by atoms with Crippen molar-refractivity contribution in [3.8, 4) is 11.3 Å². The highest BCUT2D eigenvalue weighted by Crippen LogP contribution is 2.28. The second-order valence-electron chi connectivity index (χ2n) is 8.40. The number of aromatic amines is 1. The maximum atomic E-state index is 12.7. The van der Waals surface area contributed by atoms with Gasteiger partial charge in [-0.05, 0) is 37.1 Å². The van der Waals surface area contributed by atoms with Crippen molar-refractivity contribution >= 4 is 28.3 Å². The number of nitrogens with one attached hydrogen (secondary N) is 4. The third kappa shape index (κ3) is 4.01. The Labute approximate surface area is 181 Å². The molecule has 0 aliphatic carbocycles. The lowest BCUT2D eigenvalue weighted by atomic mass is 9.97. The average Bonchev–Trinajstić information content (AvgIpc) is 3.37. The van der Waals surface area contributed by atoms with Crippen LogP contribution >= 0.6 is 0 Å². The van der Waals surface area contributed by atoms with E-state index in [-0.39, 0.29) is 23.9 Å². The molecule has 31 heavy (non-hydrogen) atoms. The van der Waals surface area contributed by atoms with E-state index in [1.807, 2.05) is 6.07 Å². The Bertz CT molecular complexity index is 1090. The highest BCUT2D eigenvalue weighted by Gasteiger charge is 2.34. The van der Waals surface area contributed by atoms with Crippen LogP contribution in [0.2, 0.25) is 0 Å². The number of fused-ring (bicyclic) bond motifs is 1. The van der Waals surface area contributed by atoms with Gasteiger partial charge in [-0.15, -0.1) is 0 Å². The van der Waals surface area contributed by atoms with E-state index in [1.54, 1.807) is 6.20 Å². The summed E-state index contributed by atoms with van der Waals surface area (Å²) in [5.41, 5.74) is 11.0. The highest BCUT2D eigenvalue weighted by molar-refractivity contribution is 5.97. The van der Waals surface area contributed by atoms with Crippen LogP contribution < -0.4 is 21.1 Å². The number of rotatable bonds is 4. The number of carbonyl (C=O) groups excluding carboxylic acids is 1. The predicted molar refractivity (Wildman–Crippen MR) is 122 cm³/mol. The number of hydrazine groups is 1. The molecule has 2 saturated heterocycles. The van der Waals surface area contributed by atoms with Gasteiger partial charge in [0.25, 0.3) is 0 Å². The number of hydrogen-bond acceptors (Lipinski definition) is 6. The van der Waals surface area contributed by atoms with Crippen LogP contribution in [0.15, 0.2) is 42.6 Å². The van der Waals surface area contributed by atoms with Crippen LogP contribution in [0.1, 0.15) is 13.8 Å². The molecular weight excluding hydrogens is 392 g/mol. The number of H-pyrrole nitrogens is 1. The second-order valence-corrected chi connectivity index (χ2v) is 8.40. The SMILES string of the molecule is CC1NNC(C(=O)Nc2cnc3[nH]c(-c4cccc(N5CCOCC5)c4)cc3c2)C1C. The lowest BCUT2D eigenvalue weighted by molar-refractivity contribution is -0.118. The summed E-state index contributed by atoms with van der Waals surface area (Å²) in [4.78, 5) is 22.9. The number of anilines is 2. The molecule has 0 spiro atoms. The Morgan fingerprint density at radius 3 is 2.77 bits per heavy atom. The molecule has 8 nitrogen and oxygen atoms in total. The molecular formula is C23H28N6O2. The number of amides is 1. The van der Waals surface area contributed by atoms with Crippen LogP contribution in [0.25, 0.3) is 22.3 Å². The third-order valence-corrected chi connectivity index (χ3v) is 6.33. The van der Waals surface area contributed by atoms with Crippen molar-refractivity contribution in [3.63, 3.8) is 0 Å². The molecule has 0 bridgehead atoms. The number of hydrogen-bond donors (Lipinski definition) is 4. The van der Waals surface area contributed by atoms with Crippen LogP contribution in [0, 0.1) is 5.92 Å².